The van der Waals surface area contributed by atoms with Crippen LogP contribution >= 0.6 is 12.6 Å². The fraction of sp³-hybridized carbons (Fsp3) is 0.600. The standard InChI is InChI=1S/C10H18S/c1-8(2)7-10(4)9(3)5-6-11/h5-6,8,11H,7H2,1-4H3/b6-5-,10-9+. The van der Waals surface area contributed by atoms with Crippen molar-refractivity contribution in [2.45, 2.75) is 34.1 Å². The second-order valence-corrected chi connectivity index (χ2v) is 3.68. The van der Waals surface area contributed by atoms with Gasteiger partial charge in [0.1, 0.15) is 0 Å². The van der Waals surface area contributed by atoms with Crippen LogP contribution in [0.2, 0.25) is 0 Å². The first-order chi connectivity index (χ1) is 5.07. The SMILES string of the molecule is CC(/C=C\S)=C(/C)CC(C)C. The summed E-state index contributed by atoms with van der Waals surface area (Å²) in [6, 6.07) is 0. The molecule has 0 bridgehead atoms. The Kier molecular flexibility index (Phi) is 5.39. The molecule has 0 aliphatic rings. The molecule has 0 rings (SSSR count). The molecule has 0 aliphatic heterocycles. The van der Waals surface area contributed by atoms with Crippen molar-refractivity contribution in [1.82, 2.24) is 0 Å². The monoisotopic (exact) mass is 170 g/mol. The molecule has 0 fully saturated rings. The molecule has 0 aliphatic carbocycles. The predicted molar refractivity (Wildman–Crippen MR) is 56.0 cm³/mol. The van der Waals surface area contributed by atoms with E-state index in [9.17, 15) is 0 Å². The summed E-state index contributed by atoms with van der Waals surface area (Å²) in [5.41, 5.74) is 2.80. The second kappa shape index (κ2) is 5.48. The molecule has 0 heterocycles. The van der Waals surface area contributed by atoms with E-state index in [-0.39, 0.29) is 0 Å². The Morgan fingerprint density at radius 2 is 1.91 bits per heavy atom. The van der Waals surface area contributed by atoms with E-state index in [1.807, 2.05) is 6.08 Å². The van der Waals surface area contributed by atoms with E-state index in [0.717, 1.165) is 5.92 Å². The number of hydrogen-bond donors (Lipinski definition) is 1. The van der Waals surface area contributed by atoms with Crippen molar-refractivity contribution in [3.63, 3.8) is 0 Å². The largest absolute Gasteiger partial charge is 0.151 e. The van der Waals surface area contributed by atoms with Gasteiger partial charge in [-0.2, -0.15) is 12.6 Å². The Morgan fingerprint density at radius 1 is 1.36 bits per heavy atom. The van der Waals surface area contributed by atoms with Gasteiger partial charge in [-0.15, -0.1) is 0 Å². The first-order valence-corrected chi connectivity index (χ1v) is 4.56. The molecule has 0 spiro atoms. The van der Waals surface area contributed by atoms with Crippen LogP contribution in [0.5, 0.6) is 0 Å². The van der Waals surface area contributed by atoms with Crippen LogP contribution in [0.3, 0.4) is 0 Å². The van der Waals surface area contributed by atoms with Crippen LogP contribution < -0.4 is 0 Å². The molecule has 11 heavy (non-hydrogen) atoms. The summed E-state index contributed by atoms with van der Waals surface area (Å²) in [5, 5.41) is 1.79. The molecule has 0 nitrogen and oxygen atoms in total. The minimum atomic E-state index is 0.748. The molecule has 0 aromatic heterocycles. The highest BCUT2D eigenvalue weighted by Gasteiger charge is 1.97. The number of rotatable bonds is 3. The molecule has 0 atom stereocenters. The molecular formula is C10H18S. The van der Waals surface area contributed by atoms with Crippen LogP contribution in [-0.4, -0.2) is 0 Å². The van der Waals surface area contributed by atoms with Crippen molar-refractivity contribution in [1.29, 1.82) is 0 Å². The first kappa shape index (κ1) is 10.8. The molecular weight excluding hydrogens is 152 g/mol. The van der Waals surface area contributed by atoms with Crippen LogP contribution in [0.25, 0.3) is 0 Å². The zero-order chi connectivity index (χ0) is 8.85. The Labute approximate surface area is 75.8 Å². The fourth-order valence-electron chi connectivity index (χ4n) is 1.03. The van der Waals surface area contributed by atoms with Crippen molar-refractivity contribution < 1.29 is 0 Å². The third kappa shape index (κ3) is 5.14. The summed E-state index contributed by atoms with van der Waals surface area (Å²) in [7, 11) is 0. The van der Waals surface area contributed by atoms with E-state index < -0.39 is 0 Å². The molecule has 0 N–H and O–H groups in total. The zero-order valence-corrected chi connectivity index (χ0v) is 8.78. The van der Waals surface area contributed by atoms with E-state index in [1.165, 1.54) is 17.6 Å². The minimum absolute atomic E-state index is 0.748. The van der Waals surface area contributed by atoms with Gasteiger partial charge < -0.3 is 0 Å². The van der Waals surface area contributed by atoms with E-state index in [0.29, 0.717) is 0 Å². The van der Waals surface area contributed by atoms with Gasteiger partial charge in [0.2, 0.25) is 0 Å². The van der Waals surface area contributed by atoms with Crippen LogP contribution in [0.15, 0.2) is 22.6 Å². The normalized spacial score (nSPS) is 14.4. The zero-order valence-electron chi connectivity index (χ0n) is 7.89. The highest BCUT2D eigenvalue weighted by Crippen LogP contribution is 2.14. The second-order valence-electron chi connectivity index (χ2n) is 3.38. The van der Waals surface area contributed by atoms with E-state index in [4.69, 9.17) is 0 Å². The maximum Gasteiger partial charge on any atom is -0.0294 e. The van der Waals surface area contributed by atoms with Crippen molar-refractivity contribution in [3.8, 4) is 0 Å². The van der Waals surface area contributed by atoms with Gasteiger partial charge in [-0.3, -0.25) is 0 Å². The quantitative estimate of drug-likeness (QED) is 0.483. The third-order valence-corrected chi connectivity index (χ3v) is 1.86. The lowest BCUT2D eigenvalue weighted by Crippen LogP contribution is -1.89. The fourth-order valence-corrected chi connectivity index (χ4v) is 1.25. The third-order valence-electron chi connectivity index (χ3n) is 1.71. The lowest BCUT2D eigenvalue weighted by Gasteiger charge is -2.06. The van der Waals surface area contributed by atoms with E-state index in [2.05, 4.69) is 40.3 Å². The number of thiol groups is 1. The average molecular weight is 170 g/mol. The molecule has 1 heteroatoms. The van der Waals surface area contributed by atoms with Crippen LogP contribution in [0, 0.1) is 5.92 Å². The van der Waals surface area contributed by atoms with Crippen LogP contribution in [-0.2, 0) is 0 Å². The predicted octanol–water partition coefficient (Wildman–Crippen LogP) is 3.81. The van der Waals surface area contributed by atoms with Gasteiger partial charge in [-0.1, -0.05) is 31.1 Å². The Hall–Kier alpha value is -0.170. The number of allylic oxidation sites excluding steroid dienone is 3. The molecule has 64 valence electrons. The van der Waals surface area contributed by atoms with Gasteiger partial charge in [-0.25, -0.2) is 0 Å². The summed E-state index contributed by atoms with van der Waals surface area (Å²) < 4.78 is 0. The molecule has 0 unspecified atom stereocenters. The van der Waals surface area contributed by atoms with Gasteiger partial charge in [0.25, 0.3) is 0 Å². The van der Waals surface area contributed by atoms with Crippen LogP contribution in [0.4, 0.5) is 0 Å². The molecule has 0 amide bonds. The average Bonchev–Trinajstić information content (AvgIpc) is 1.86. The molecule has 0 saturated heterocycles. The van der Waals surface area contributed by atoms with E-state index in [1.54, 1.807) is 5.41 Å². The summed E-state index contributed by atoms with van der Waals surface area (Å²) in [6.45, 7) is 8.79. The maximum absolute atomic E-state index is 4.03. The molecule has 0 aromatic carbocycles. The van der Waals surface area contributed by atoms with Crippen molar-refractivity contribution >= 4 is 12.6 Å². The van der Waals surface area contributed by atoms with Gasteiger partial charge >= 0.3 is 0 Å². The van der Waals surface area contributed by atoms with Crippen molar-refractivity contribution in [2.75, 3.05) is 0 Å². The highest BCUT2D eigenvalue weighted by atomic mass is 32.1. The summed E-state index contributed by atoms with van der Waals surface area (Å²) >= 11 is 4.03. The summed E-state index contributed by atoms with van der Waals surface area (Å²) in [6.07, 6.45) is 3.23. The molecule has 0 radical (unpaired) electrons. The first-order valence-electron chi connectivity index (χ1n) is 4.05. The minimum Gasteiger partial charge on any atom is -0.151 e. The van der Waals surface area contributed by atoms with Crippen LogP contribution in [0.1, 0.15) is 34.1 Å². The Bertz CT molecular complexity index is 164. The summed E-state index contributed by atoms with van der Waals surface area (Å²) in [4.78, 5) is 0. The van der Waals surface area contributed by atoms with Gasteiger partial charge in [0.15, 0.2) is 0 Å². The lowest BCUT2D eigenvalue weighted by atomic mass is 10.0. The highest BCUT2D eigenvalue weighted by molar-refractivity contribution is 7.83. The Balaban J connectivity index is 4.16. The summed E-state index contributed by atoms with van der Waals surface area (Å²) in [5.74, 6) is 0.748. The van der Waals surface area contributed by atoms with Gasteiger partial charge in [0.05, 0.1) is 0 Å². The Morgan fingerprint density at radius 3 is 2.27 bits per heavy atom. The van der Waals surface area contributed by atoms with Crippen molar-refractivity contribution in [3.05, 3.63) is 22.6 Å². The smallest absolute Gasteiger partial charge is 0.0294 e. The molecule has 0 saturated carbocycles. The van der Waals surface area contributed by atoms with E-state index >= 15 is 0 Å². The van der Waals surface area contributed by atoms with Gasteiger partial charge in [-0.05, 0) is 31.6 Å². The topological polar surface area (TPSA) is 0 Å². The van der Waals surface area contributed by atoms with Crippen molar-refractivity contribution in [2.24, 2.45) is 5.92 Å². The van der Waals surface area contributed by atoms with Gasteiger partial charge in [0, 0.05) is 0 Å². The maximum atomic E-state index is 4.03. The number of hydrogen-bond acceptors (Lipinski definition) is 1. The molecule has 0 aromatic rings. The lowest BCUT2D eigenvalue weighted by molar-refractivity contribution is 0.639.